The number of imide groups is 1. The normalized spacial score (nSPS) is 14.0. The monoisotopic (exact) mass is 296 g/mol. The molecule has 0 spiro atoms. The molecule has 1 aliphatic rings. The van der Waals surface area contributed by atoms with Gasteiger partial charge in [-0.15, -0.1) is 0 Å². The topological polar surface area (TPSA) is 89.7 Å². The van der Waals surface area contributed by atoms with Crippen LogP contribution in [0.15, 0.2) is 42.5 Å². The Morgan fingerprint density at radius 2 is 1.73 bits per heavy atom. The van der Waals surface area contributed by atoms with E-state index in [1.165, 1.54) is 12.2 Å². The van der Waals surface area contributed by atoms with Crippen LogP contribution in [0, 0.1) is 6.92 Å². The molecule has 0 saturated carbocycles. The van der Waals surface area contributed by atoms with Crippen LogP contribution in [0.1, 0.15) is 5.56 Å². The van der Waals surface area contributed by atoms with Crippen molar-refractivity contribution in [1.29, 1.82) is 0 Å². The van der Waals surface area contributed by atoms with E-state index in [0.717, 1.165) is 10.5 Å². The standard InChI is InChI=1S/C16H12N2O4/c1-9-5-6-10-11(3-2-4-12(10)22-16(17)21)15(9)18-13(19)7-8-14(18)20/h2-8H,1H3,(H2,17,21). The minimum absolute atomic E-state index is 0.276. The summed E-state index contributed by atoms with van der Waals surface area (Å²) in [6, 6.07) is 8.53. The smallest absolute Gasteiger partial charge is 0.409 e. The van der Waals surface area contributed by atoms with Gasteiger partial charge in [-0.2, -0.15) is 0 Å². The predicted molar refractivity (Wildman–Crippen MR) is 80.5 cm³/mol. The summed E-state index contributed by atoms with van der Waals surface area (Å²) in [6.45, 7) is 1.80. The number of nitrogens with two attached hydrogens (primary N) is 1. The highest BCUT2D eigenvalue weighted by Crippen LogP contribution is 2.36. The number of hydrogen-bond donors (Lipinski definition) is 1. The maximum atomic E-state index is 12.0. The predicted octanol–water partition coefficient (Wildman–Crippen LogP) is 2.04. The molecule has 0 saturated heterocycles. The fourth-order valence-electron chi connectivity index (χ4n) is 2.54. The van der Waals surface area contributed by atoms with Crippen LogP contribution in [0.3, 0.4) is 0 Å². The van der Waals surface area contributed by atoms with Crippen molar-refractivity contribution in [2.45, 2.75) is 6.92 Å². The van der Waals surface area contributed by atoms with Gasteiger partial charge in [0.05, 0.1) is 5.69 Å². The zero-order valence-electron chi connectivity index (χ0n) is 11.7. The van der Waals surface area contributed by atoms with E-state index in [4.69, 9.17) is 10.5 Å². The largest absolute Gasteiger partial charge is 0.410 e. The van der Waals surface area contributed by atoms with E-state index in [2.05, 4.69) is 0 Å². The molecule has 0 aliphatic carbocycles. The summed E-state index contributed by atoms with van der Waals surface area (Å²) in [4.78, 5) is 36.0. The molecule has 0 radical (unpaired) electrons. The quantitative estimate of drug-likeness (QED) is 0.859. The number of ether oxygens (including phenoxy) is 1. The van der Waals surface area contributed by atoms with Crippen molar-refractivity contribution >= 4 is 34.4 Å². The summed E-state index contributed by atoms with van der Waals surface area (Å²) in [5, 5.41) is 1.22. The maximum Gasteiger partial charge on any atom is 0.409 e. The molecular weight excluding hydrogens is 284 g/mol. The van der Waals surface area contributed by atoms with Crippen LogP contribution in [0.4, 0.5) is 10.5 Å². The maximum absolute atomic E-state index is 12.0. The van der Waals surface area contributed by atoms with Gasteiger partial charge in [0.1, 0.15) is 5.75 Å². The summed E-state index contributed by atoms with van der Waals surface area (Å²) < 4.78 is 4.97. The second kappa shape index (κ2) is 5.00. The van der Waals surface area contributed by atoms with Gasteiger partial charge in [0.15, 0.2) is 0 Å². The number of rotatable bonds is 2. The van der Waals surface area contributed by atoms with Crippen LogP contribution in [-0.4, -0.2) is 17.9 Å². The van der Waals surface area contributed by atoms with Crippen LogP contribution in [0.2, 0.25) is 0 Å². The third kappa shape index (κ3) is 2.10. The average Bonchev–Trinajstić information content (AvgIpc) is 2.78. The first-order valence-electron chi connectivity index (χ1n) is 6.55. The van der Waals surface area contributed by atoms with Gasteiger partial charge >= 0.3 is 6.09 Å². The van der Waals surface area contributed by atoms with E-state index < -0.39 is 17.9 Å². The average molecular weight is 296 g/mol. The van der Waals surface area contributed by atoms with Gasteiger partial charge in [-0.1, -0.05) is 24.3 Å². The Morgan fingerprint density at radius 3 is 2.36 bits per heavy atom. The Hall–Kier alpha value is -3.15. The fraction of sp³-hybridized carbons (Fsp3) is 0.0625. The van der Waals surface area contributed by atoms with Crippen molar-refractivity contribution in [3.8, 4) is 5.75 Å². The number of fused-ring (bicyclic) bond motifs is 1. The number of benzene rings is 2. The van der Waals surface area contributed by atoms with Crippen molar-refractivity contribution < 1.29 is 19.1 Å². The SMILES string of the molecule is Cc1ccc2c(OC(N)=O)cccc2c1N1C(=O)C=CC1=O. The number of carbonyl (C=O) groups is 3. The first-order valence-corrected chi connectivity index (χ1v) is 6.55. The van der Waals surface area contributed by atoms with E-state index >= 15 is 0 Å². The summed E-state index contributed by atoms with van der Waals surface area (Å²) >= 11 is 0. The molecule has 3 rings (SSSR count). The van der Waals surface area contributed by atoms with E-state index in [-0.39, 0.29) is 5.75 Å². The molecule has 0 unspecified atom stereocenters. The minimum atomic E-state index is -0.926. The van der Waals surface area contributed by atoms with E-state index in [1.807, 2.05) is 0 Å². The molecule has 22 heavy (non-hydrogen) atoms. The molecule has 2 aromatic rings. The Morgan fingerprint density at radius 1 is 1.05 bits per heavy atom. The molecule has 1 aliphatic heterocycles. The van der Waals surface area contributed by atoms with Gasteiger partial charge in [-0.25, -0.2) is 9.69 Å². The van der Waals surface area contributed by atoms with Crippen LogP contribution >= 0.6 is 0 Å². The zero-order chi connectivity index (χ0) is 15.9. The number of anilines is 1. The molecule has 110 valence electrons. The first kappa shape index (κ1) is 13.8. The number of carbonyl (C=O) groups excluding carboxylic acids is 3. The van der Waals surface area contributed by atoms with Gasteiger partial charge < -0.3 is 10.5 Å². The van der Waals surface area contributed by atoms with Crippen molar-refractivity contribution in [3.05, 3.63) is 48.0 Å². The highest BCUT2D eigenvalue weighted by Gasteiger charge is 2.28. The van der Waals surface area contributed by atoms with E-state index in [0.29, 0.717) is 16.5 Å². The summed E-state index contributed by atoms with van der Waals surface area (Å²) in [6.07, 6.45) is 1.53. The Kier molecular flexibility index (Phi) is 3.14. The lowest BCUT2D eigenvalue weighted by atomic mass is 10.0. The van der Waals surface area contributed by atoms with Crippen LogP contribution in [0.25, 0.3) is 10.8 Å². The van der Waals surface area contributed by atoms with Crippen molar-refractivity contribution in [2.24, 2.45) is 5.73 Å². The molecule has 2 N–H and O–H groups in total. The Balaban J connectivity index is 2.26. The third-order valence-electron chi connectivity index (χ3n) is 3.44. The molecule has 0 bridgehead atoms. The van der Waals surface area contributed by atoms with Gasteiger partial charge in [0.2, 0.25) is 0 Å². The fourth-order valence-corrected chi connectivity index (χ4v) is 2.54. The summed E-state index contributed by atoms with van der Waals surface area (Å²) in [7, 11) is 0. The highest BCUT2D eigenvalue weighted by atomic mass is 16.5. The van der Waals surface area contributed by atoms with Gasteiger partial charge in [-0.05, 0) is 18.6 Å². The van der Waals surface area contributed by atoms with Gasteiger partial charge in [0, 0.05) is 22.9 Å². The molecule has 2 aromatic carbocycles. The molecule has 1 heterocycles. The molecule has 6 nitrogen and oxygen atoms in total. The zero-order valence-corrected chi connectivity index (χ0v) is 11.7. The van der Waals surface area contributed by atoms with Gasteiger partial charge in [-0.3, -0.25) is 9.59 Å². The Labute approximate surface area is 125 Å². The van der Waals surface area contributed by atoms with Gasteiger partial charge in [0.25, 0.3) is 11.8 Å². The molecule has 6 heteroatoms. The lowest BCUT2D eigenvalue weighted by Crippen LogP contribution is -2.30. The highest BCUT2D eigenvalue weighted by molar-refractivity contribution is 6.30. The number of amides is 3. The molecule has 0 atom stereocenters. The second-order valence-corrected chi connectivity index (χ2v) is 4.85. The number of hydrogen-bond acceptors (Lipinski definition) is 4. The molecule has 3 amide bonds. The second-order valence-electron chi connectivity index (χ2n) is 4.85. The van der Waals surface area contributed by atoms with Crippen molar-refractivity contribution in [2.75, 3.05) is 4.90 Å². The molecule has 0 fully saturated rings. The van der Waals surface area contributed by atoms with Crippen LogP contribution < -0.4 is 15.4 Å². The summed E-state index contributed by atoms with van der Waals surface area (Å²) in [5.74, 6) is -0.526. The minimum Gasteiger partial charge on any atom is -0.410 e. The van der Waals surface area contributed by atoms with E-state index in [1.54, 1.807) is 37.3 Å². The first-order chi connectivity index (χ1) is 10.5. The van der Waals surface area contributed by atoms with Crippen molar-refractivity contribution in [1.82, 2.24) is 0 Å². The van der Waals surface area contributed by atoms with E-state index in [9.17, 15) is 14.4 Å². The molecular formula is C16H12N2O4. The number of nitrogens with zero attached hydrogens (tertiary/aromatic N) is 1. The Bertz CT molecular complexity index is 837. The number of primary amides is 1. The van der Waals surface area contributed by atoms with Crippen LogP contribution in [0.5, 0.6) is 5.75 Å². The lowest BCUT2D eigenvalue weighted by Gasteiger charge is -2.19. The summed E-state index contributed by atoms with van der Waals surface area (Å²) in [5.41, 5.74) is 6.30. The van der Waals surface area contributed by atoms with Crippen LogP contribution in [-0.2, 0) is 9.59 Å². The third-order valence-corrected chi connectivity index (χ3v) is 3.44. The van der Waals surface area contributed by atoms with Crippen molar-refractivity contribution in [3.63, 3.8) is 0 Å². The number of aryl methyl sites for hydroxylation is 1. The molecule has 0 aromatic heterocycles. The lowest BCUT2D eigenvalue weighted by molar-refractivity contribution is -0.119.